The van der Waals surface area contributed by atoms with Gasteiger partial charge in [0.25, 0.3) is 0 Å². The zero-order valence-corrected chi connectivity index (χ0v) is 10.7. The lowest BCUT2D eigenvalue weighted by Crippen LogP contribution is -2.11. The Morgan fingerprint density at radius 3 is 2.71 bits per heavy atom. The molecule has 1 aromatic heterocycles. The number of nitrogen functional groups attached to an aromatic ring is 1. The Bertz CT molecular complexity index is 343. The van der Waals surface area contributed by atoms with Gasteiger partial charge >= 0.3 is 6.01 Å². The van der Waals surface area contributed by atoms with Crippen LogP contribution in [-0.4, -0.2) is 28.1 Å². The largest absolute Gasteiger partial charge is 0.463 e. The second-order valence-electron chi connectivity index (χ2n) is 4.26. The fourth-order valence-corrected chi connectivity index (χ4v) is 1.18. The van der Waals surface area contributed by atoms with Crippen LogP contribution in [0.5, 0.6) is 6.01 Å². The topological polar surface area (TPSA) is 86.0 Å². The Morgan fingerprint density at radius 2 is 2.06 bits per heavy atom. The van der Waals surface area contributed by atoms with Crippen molar-refractivity contribution in [2.75, 3.05) is 24.2 Å². The molecule has 0 aliphatic carbocycles. The third-order valence-electron chi connectivity index (χ3n) is 2.07. The van der Waals surface area contributed by atoms with Gasteiger partial charge in [0.2, 0.25) is 11.9 Å². The van der Waals surface area contributed by atoms with Crippen molar-refractivity contribution in [2.24, 2.45) is 5.92 Å². The lowest BCUT2D eigenvalue weighted by Gasteiger charge is -2.08. The minimum Gasteiger partial charge on any atom is -0.463 e. The number of hydrogen-bond acceptors (Lipinski definition) is 6. The SMILES string of the molecule is CCCOc1nc(N)nc(NCCC(C)C)n1. The van der Waals surface area contributed by atoms with E-state index < -0.39 is 0 Å². The number of nitrogens with one attached hydrogen (secondary N) is 1. The zero-order valence-electron chi connectivity index (χ0n) is 10.7. The summed E-state index contributed by atoms with van der Waals surface area (Å²) in [5, 5.41) is 3.11. The van der Waals surface area contributed by atoms with Gasteiger partial charge in [-0.25, -0.2) is 0 Å². The number of ether oxygens (including phenoxy) is 1. The van der Waals surface area contributed by atoms with Crippen LogP contribution >= 0.6 is 0 Å². The minimum atomic E-state index is 0.179. The van der Waals surface area contributed by atoms with Crippen molar-refractivity contribution in [1.29, 1.82) is 0 Å². The molecule has 0 spiro atoms. The molecule has 0 saturated heterocycles. The second kappa shape index (κ2) is 6.88. The number of anilines is 2. The average Bonchev–Trinajstić information content (AvgIpc) is 2.25. The molecule has 0 aliphatic rings. The normalized spacial score (nSPS) is 10.6. The fraction of sp³-hybridized carbons (Fsp3) is 0.727. The van der Waals surface area contributed by atoms with E-state index in [2.05, 4.69) is 34.1 Å². The van der Waals surface area contributed by atoms with Gasteiger partial charge in [0.1, 0.15) is 0 Å². The van der Waals surface area contributed by atoms with Crippen LogP contribution < -0.4 is 15.8 Å². The van der Waals surface area contributed by atoms with E-state index in [1.54, 1.807) is 0 Å². The van der Waals surface area contributed by atoms with Gasteiger partial charge in [0, 0.05) is 6.54 Å². The molecule has 6 heteroatoms. The lowest BCUT2D eigenvalue weighted by atomic mass is 10.1. The molecule has 1 rings (SSSR count). The molecule has 0 atom stereocenters. The maximum absolute atomic E-state index is 5.58. The van der Waals surface area contributed by atoms with Crippen LogP contribution in [0, 0.1) is 5.92 Å². The van der Waals surface area contributed by atoms with Crippen molar-refractivity contribution in [1.82, 2.24) is 15.0 Å². The standard InChI is InChI=1S/C11H21N5O/c1-4-7-17-11-15-9(12)14-10(16-11)13-6-5-8(2)3/h8H,4-7H2,1-3H3,(H3,12,13,14,15,16). The van der Waals surface area contributed by atoms with Gasteiger partial charge in [-0.15, -0.1) is 0 Å². The van der Waals surface area contributed by atoms with E-state index in [4.69, 9.17) is 10.5 Å². The molecular weight excluding hydrogens is 218 g/mol. The van der Waals surface area contributed by atoms with Gasteiger partial charge in [-0.3, -0.25) is 0 Å². The first-order chi connectivity index (χ1) is 8.11. The van der Waals surface area contributed by atoms with Crippen molar-refractivity contribution < 1.29 is 4.74 Å². The highest BCUT2D eigenvalue weighted by atomic mass is 16.5. The summed E-state index contributed by atoms with van der Waals surface area (Å²) in [5.41, 5.74) is 5.58. The first kappa shape index (κ1) is 13.5. The summed E-state index contributed by atoms with van der Waals surface area (Å²) in [7, 11) is 0. The highest BCUT2D eigenvalue weighted by molar-refractivity contribution is 5.32. The first-order valence-corrected chi connectivity index (χ1v) is 6.00. The van der Waals surface area contributed by atoms with Gasteiger partial charge in [-0.1, -0.05) is 20.8 Å². The molecule has 0 aromatic carbocycles. The summed E-state index contributed by atoms with van der Waals surface area (Å²) in [6.45, 7) is 7.74. The van der Waals surface area contributed by atoms with Crippen LogP contribution in [-0.2, 0) is 0 Å². The number of rotatable bonds is 7. The number of aromatic nitrogens is 3. The molecule has 0 unspecified atom stereocenters. The van der Waals surface area contributed by atoms with E-state index in [1.165, 1.54) is 0 Å². The van der Waals surface area contributed by atoms with Crippen LogP contribution in [0.3, 0.4) is 0 Å². The molecule has 96 valence electrons. The Hall–Kier alpha value is -1.59. The molecule has 0 bridgehead atoms. The molecule has 0 fully saturated rings. The van der Waals surface area contributed by atoms with Crippen molar-refractivity contribution >= 4 is 11.9 Å². The zero-order chi connectivity index (χ0) is 12.7. The van der Waals surface area contributed by atoms with Gasteiger partial charge in [0.05, 0.1) is 6.61 Å². The third-order valence-corrected chi connectivity index (χ3v) is 2.07. The number of hydrogen-bond donors (Lipinski definition) is 2. The maximum Gasteiger partial charge on any atom is 0.323 e. The second-order valence-corrected chi connectivity index (χ2v) is 4.26. The van der Waals surface area contributed by atoms with Crippen LogP contribution in [0.1, 0.15) is 33.6 Å². The minimum absolute atomic E-state index is 0.179. The lowest BCUT2D eigenvalue weighted by molar-refractivity contribution is 0.292. The van der Waals surface area contributed by atoms with Gasteiger partial charge in [-0.2, -0.15) is 15.0 Å². The molecular formula is C11H21N5O. The highest BCUT2D eigenvalue weighted by Gasteiger charge is 2.05. The Balaban J connectivity index is 2.55. The summed E-state index contributed by atoms with van der Waals surface area (Å²) in [6, 6.07) is 0.284. The summed E-state index contributed by atoms with van der Waals surface area (Å²) >= 11 is 0. The van der Waals surface area contributed by atoms with Crippen LogP contribution in [0.2, 0.25) is 0 Å². The predicted octanol–water partition coefficient (Wildman–Crippen LogP) is 1.70. The smallest absolute Gasteiger partial charge is 0.323 e. The van der Waals surface area contributed by atoms with Crippen molar-refractivity contribution in [3.05, 3.63) is 0 Å². The van der Waals surface area contributed by atoms with E-state index in [0.29, 0.717) is 18.5 Å². The first-order valence-electron chi connectivity index (χ1n) is 6.00. The van der Waals surface area contributed by atoms with Gasteiger partial charge in [-0.05, 0) is 18.8 Å². The number of nitrogens with zero attached hydrogens (tertiary/aromatic N) is 3. The summed E-state index contributed by atoms with van der Waals surface area (Å²) < 4.78 is 5.32. The maximum atomic E-state index is 5.58. The molecule has 1 heterocycles. The van der Waals surface area contributed by atoms with Crippen molar-refractivity contribution in [2.45, 2.75) is 33.6 Å². The van der Waals surface area contributed by atoms with Crippen LogP contribution in [0.25, 0.3) is 0 Å². The highest BCUT2D eigenvalue weighted by Crippen LogP contribution is 2.09. The Labute approximate surface area is 102 Å². The average molecular weight is 239 g/mol. The summed E-state index contributed by atoms with van der Waals surface area (Å²) in [6.07, 6.45) is 1.96. The van der Waals surface area contributed by atoms with E-state index in [9.17, 15) is 0 Å². The van der Waals surface area contributed by atoms with Crippen LogP contribution in [0.15, 0.2) is 0 Å². The van der Waals surface area contributed by atoms with E-state index in [1.807, 2.05) is 6.92 Å². The monoisotopic (exact) mass is 239 g/mol. The van der Waals surface area contributed by atoms with Crippen LogP contribution in [0.4, 0.5) is 11.9 Å². The van der Waals surface area contributed by atoms with E-state index in [-0.39, 0.29) is 12.0 Å². The molecule has 0 saturated carbocycles. The molecule has 3 N–H and O–H groups in total. The third kappa shape index (κ3) is 5.33. The van der Waals surface area contributed by atoms with Gasteiger partial charge < -0.3 is 15.8 Å². The van der Waals surface area contributed by atoms with Crippen molar-refractivity contribution in [3.8, 4) is 6.01 Å². The summed E-state index contributed by atoms with van der Waals surface area (Å²) in [4.78, 5) is 12.0. The predicted molar refractivity (Wildman–Crippen MR) is 68.0 cm³/mol. The molecule has 1 aromatic rings. The van der Waals surface area contributed by atoms with Crippen molar-refractivity contribution in [3.63, 3.8) is 0 Å². The molecule has 0 amide bonds. The molecule has 6 nitrogen and oxygen atoms in total. The van der Waals surface area contributed by atoms with E-state index >= 15 is 0 Å². The Morgan fingerprint density at radius 1 is 1.29 bits per heavy atom. The molecule has 0 radical (unpaired) electrons. The molecule has 17 heavy (non-hydrogen) atoms. The fourth-order valence-electron chi connectivity index (χ4n) is 1.18. The number of nitrogens with two attached hydrogens (primary N) is 1. The quantitative estimate of drug-likeness (QED) is 0.753. The van der Waals surface area contributed by atoms with Gasteiger partial charge in [0.15, 0.2) is 0 Å². The van der Waals surface area contributed by atoms with E-state index in [0.717, 1.165) is 19.4 Å². The summed E-state index contributed by atoms with van der Waals surface area (Å²) in [5.74, 6) is 1.29. The Kier molecular flexibility index (Phi) is 5.45. The molecule has 0 aliphatic heterocycles.